The summed E-state index contributed by atoms with van der Waals surface area (Å²) in [5.74, 6) is 0.693. The zero-order valence-electron chi connectivity index (χ0n) is 12.2. The SMILES string of the molecule is Cl.NCC1CCN(Cc2ccc(-c3ccccc3)cc2)C1. The van der Waals surface area contributed by atoms with Gasteiger partial charge in [-0.25, -0.2) is 0 Å². The van der Waals surface area contributed by atoms with Crippen LogP contribution in [0.2, 0.25) is 0 Å². The molecule has 0 bridgehead atoms. The molecule has 0 spiro atoms. The van der Waals surface area contributed by atoms with Gasteiger partial charge in [0.15, 0.2) is 0 Å². The van der Waals surface area contributed by atoms with E-state index >= 15 is 0 Å². The fraction of sp³-hybridized carbons (Fsp3) is 0.333. The van der Waals surface area contributed by atoms with Crippen molar-refractivity contribution in [3.8, 4) is 11.1 Å². The predicted octanol–water partition coefficient (Wildman–Crippen LogP) is 3.56. The molecule has 1 saturated heterocycles. The number of benzene rings is 2. The van der Waals surface area contributed by atoms with Crippen molar-refractivity contribution >= 4 is 12.4 Å². The monoisotopic (exact) mass is 302 g/mol. The van der Waals surface area contributed by atoms with Crippen molar-refractivity contribution in [3.05, 3.63) is 60.2 Å². The summed E-state index contributed by atoms with van der Waals surface area (Å²) >= 11 is 0. The maximum absolute atomic E-state index is 5.75. The summed E-state index contributed by atoms with van der Waals surface area (Å²) in [6, 6.07) is 19.5. The third kappa shape index (κ3) is 4.07. The Morgan fingerprint density at radius 3 is 2.24 bits per heavy atom. The van der Waals surface area contributed by atoms with Crippen LogP contribution in [0.15, 0.2) is 54.6 Å². The van der Waals surface area contributed by atoms with Crippen LogP contribution in [0.3, 0.4) is 0 Å². The van der Waals surface area contributed by atoms with E-state index in [2.05, 4.69) is 59.5 Å². The lowest BCUT2D eigenvalue weighted by molar-refractivity contribution is 0.318. The molecular formula is C18H23ClN2. The van der Waals surface area contributed by atoms with E-state index in [0.29, 0.717) is 5.92 Å². The first-order chi connectivity index (χ1) is 9.85. The Balaban J connectivity index is 0.00000161. The zero-order chi connectivity index (χ0) is 13.8. The molecule has 3 heteroatoms. The normalized spacial score (nSPS) is 18.4. The highest BCUT2D eigenvalue weighted by atomic mass is 35.5. The number of nitrogens with two attached hydrogens (primary N) is 1. The summed E-state index contributed by atoms with van der Waals surface area (Å²) < 4.78 is 0. The van der Waals surface area contributed by atoms with Crippen molar-refractivity contribution in [1.29, 1.82) is 0 Å². The minimum absolute atomic E-state index is 0. The van der Waals surface area contributed by atoms with Crippen LogP contribution in [0.5, 0.6) is 0 Å². The van der Waals surface area contributed by atoms with Gasteiger partial charge in [-0.2, -0.15) is 0 Å². The first-order valence-electron chi connectivity index (χ1n) is 7.42. The van der Waals surface area contributed by atoms with Gasteiger partial charge in [0.2, 0.25) is 0 Å². The number of likely N-dealkylation sites (tertiary alicyclic amines) is 1. The maximum atomic E-state index is 5.75. The summed E-state index contributed by atoms with van der Waals surface area (Å²) in [4.78, 5) is 2.51. The van der Waals surface area contributed by atoms with E-state index in [1.165, 1.54) is 29.7 Å². The molecule has 1 aliphatic heterocycles. The van der Waals surface area contributed by atoms with E-state index in [9.17, 15) is 0 Å². The van der Waals surface area contributed by atoms with Crippen LogP contribution in [0.25, 0.3) is 11.1 Å². The molecule has 1 fully saturated rings. The highest BCUT2D eigenvalue weighted by Gasteiger charge is 2.20. The number of nitrogens with zero attached hydrogens (tertiary/aromatic N) is 1. The lowest BCUT2D eigenvalue weighted by Crippen LogP contribution is -2.22. The molecule has 1 unspecified atom stereocenters. The Kier molecular flexibility index (Phi) is 5.80. The van der Waals surface area contributed by atoms with Crippen molar-refractivity contribution in [2.24, 2.45) is 11.7 Å². The van der Waals surface area contributed by atoms with Crippen molar-refractivity contribution < 1.29 is 0 Å². The summed E-state index contributed by atoms with van der Waals surface area (Å²) in [5.41, 5.74) is 9.71. The van der Waals surface area contributed by atoms with Crippen LogP contribution < -0.4 is 5.73 Å². The molecule has 0 saturated carbocycles. The fourth-order valence-corrected chi connectivity index (χ4v) is 2.94. The standard InChI is InChI=1S/C18H22N2.ClH/c19-12-16-10-11-20(14-16)13-15-6-8-18(9-7-15)17-4-2-1-3-5-17;/h1-9,16H,10-14,19H2;1H. The van der Waals surface area contributed by atoms with Crippen LogP contribution in [0.1, 0.15) is 12.0 Å². The molecule has 0 aliphatic carbocycles. The van der Waals surface area contributed by atoms with E-state index in [1.807, 2.05) is 0 Å². The van der Waals surface area contributed by atoms with Crippen LogP contribution in [-0.2, 0) is 6.54 Å². The molecule has 3 rings (SSSR count). The van der Waals surface area contributed by atoms with Crippen molar-refractivity contribution in [3.63, 3.8) is 0 Å². The molecular weight excluding hydrogens is 280 g/mol. The average molecular weight is 303 g/mol. The van der Waals surface area contributed by atoms with Crippen molar-refractivity contribution in [1.82, 2.24) is 4.90 Å². The summed E-state index contributed by atoms with van der Waals surface area (Å²) in [6.07, 6.45) is 1.25. The molecule has 0 radical (unpaired) electrons. The molecule has 2 aromatic carbocycles. The second-order valence-corrected chi connectivity index (χ2v) is 5.69. The Hall–Kier alpha value is -1.35. The molecule has 1 aliphatic rings. The Morgan fingerprint density at radius 2 is 1.62 bits per heavy atom. The zero-order valence-corrected chi connectivity index (χ0v) is 13.1. The van der Waals surface area contributed by atoms with Crippen LogP contribution >= 0.6 is 12.4 Å². The average Bonchev–Trinajstić information content (AvgIpc) is 2.97. The summed E-state index contributed by atoms with van der Waals surface area (Å²) in [7, 11) is 0. The number of rotatable bonds is 4. The van der Waals surface area contributed by atoms with Crippen LogP contribution in [0.4, 0.5) is 0 Å². The number of hydrogen-bond acceptors (Lipinski definition) is 2. The molecule has 0 aromatic heterocycles. The minimum atomic E-state index is 0. The lowest BCUT2D eigenvalue weighted by atomic mass is 10.0. The van der Waals surface area contributed by atoms with Gasteiger partial charge in [0.25, 0.3) is 0 Å². The van der Waals surface area contributed by atoms with Gasteiger partial charge in [0, 0.05) is 13.1 Å². The van der Waals surface area contributed by atoms with Gasteiger partial charge < -0.3 is 5.73 Å². The Morgan fingerprint density at radius 1 is 0.952 bits per heavy atom. The maximum Gasteiger partial charge on any atom is 0.0233 e. The van der Waals surface area contributed by atoms with E-state index in [1.54, 1.807) is 0 Å². The Bertz CT molecular complexity index is 539. The summed E-state index contributed by atoms with van der Waals surface area (Å²) in [6.45, 7) is 4.20. The second-order valence-electron chi connectivity index (χ2n) is 5.69. The minimum Gasteiger partial charge on any atom is -0.330 e. The number of hydrogen-bond donors (Lipinski definition) is 1. The van der Waals surface area contributed by atoms with Gasteiger partial charge in [-0.15, -0.1) is 12.4 Å². The van der Waals surface area contributed by atoms with Crippen molar-refractivity contribution in [2.45, 2.75) is 13.0 Å². The Labute approximate surface area is 133 Å². The topological polar surface area (TPSA) is 29.3 Å². The molecule has 2 N–H and O–H groups in total. The van der Waals surface area contributed by atoms with Gasteiger partial charge >= 0.3 is 0 Å². The third-order valence-corrected chi connectivity index (χ3v) is 4.17. The molecule has 2 aromatic rings. The van der Waals surface area contributed by atoms with Gasteiger partial charge in [0.1, 0.15) is 0 Å². The smallest absolute Gasteiger partial charge is 0.0233 e. The van der Waals surface area contributed by atoms with E-state index in [4.69, 9.17) is 5.73 Å². The first kappa shape index (κ1) is 16.0. The molecule has 112 valence electrons. The quantitative estimate of drug-likeness (QED) is 0.936. The van der Waals surface area contributed by atoms with Gasteiger partial charge in [-0.1, -0.05) is 54.6 Å². The predicted molar refractivity (Wildman–Crippen MR) is 91.6 cm³/mol. The largest absolute Gasteiger partial charge is 0.330 e. The van der Waals surface area contributed by atoms with Crippen LogP contribution in [-0.4, -0.2) is 24.5 Å². The van der Waals surface area contributed by atoms with E-state index < -0.39 is 0 Å². The highest BCUT2D eigenvalue weighted by Crippen LogP contribution is 2.21. The first-order valence-corrected chi connectivity index (χ1v) is 7.42. The molecule has 21 heavy (non-hydrogen) atoms. The molecule has 1 atom stereocenters. The van der Waals surface area contributed by atoms with E-state index in [-0.39, 0.29) is 12.4 Å². The molecule has 1 heterocycles. The second kappa shape index (κ2) is 7.60. The molecule has 2 nitrogen and oxygen atoms in total. The summed E-state index contributed by atoms with van der Waals surface area (Å²) in [5, 5.41) is 0. The van der Waals surface area contributed by atoms with Gasteiger partial charge in [-0.3, -0.25) is 4.90 Å². The lowest BCUT2D eigenvalue weighted by Gasteiger charge is -2.16. The van der Waals surface area contributed by atoms with E-state index in [0.717, 1.165) is 19.6 Å². The van der Waals surface area contributed by atoms with Gasteiger partial charge in [-0.05, 0) is 42.1 Å². The van der Waals surface area contributed by atoms with Gasteiger partial charge in [0.05, 0.1) is 0 Å². The third-order valence-electron chi connectivity index (χ3n) is 4.17. The fourth-order valence-electron chi connectivity index (χ4n) is 2.94. The molecule has 0 amide bonds. The van der Waals surface area contributed by atoms with Crippen LogP contribution in [0, 0.1) is 5.92 Å². The van der Waals surface area contributed by atoms with Crippen molar-refractivity contribution in [2.75, 3.05) is 19.6 Å². The number of halogens is 1. The highest BCUT2D eigenvalue weighted by molar-refractivity contribution is 5.85.